The van der Waals surface area contributed by atoms with Crippen LogP contribution in [0.2, 0.25) is 0 Å². The Labute approximate surface area is 161 Å². The molecule has 0 spiro atoms. The largest absolute Gasteiger partial charge is 0.497 e. The van der Waals surface area contributed by atoms with Crippen molar-refractivity contribution >= 4 is 34.5 Å². The minimum atomic E-state index is 0.138. The monoisotopic (exact) mass is 383 g/mol. The molecule has 8 heteroatoms. The van der Waals surface area contributed by atoms with Crippen molar-refractivity contribution in [3.63, 3.8) is 0 Å². The maximum atomic E-state index is 12.5. The second-order valence-electron chi connectivity index (χ2n) is 6.27. The molecule has 0 saturated carbocycles. The molecule has 1 fully saturated rings. The molecule has 1 aliphatic heterocycles. The molecule has 140 valence electrons. The van der Waals surface area contributed by atoms with Gasteiger partial charge in [0.05, 0.1) is 23.9 Å². The summed E-state index contributed by atoms with van der Waals surface area (Å²) in [5.41, 5.74) is 1.78. The first-order valence-electron chi connectivity index (χ1n) is 8.83. The van der Waals surface area contributed by atoms with E-state index in [4.69, 9.17) is 4.74 Å². The number of ether oxygens (including phenoxy) is 1. The number of piperazine rings is 1. The molecule has 27 heavy (non-hydrogen) atoms. The molecule has 3 heterocycles. The van der Waals surface area contributed by atoms with Crippen molar-refractivity contribution in [2.45, 2.75) is 5.16 Å². The maximum absolute atomic E-state index is 12.5. The molecule has 7 nitrogen and oxygen atoms in total. The number of amides is 1. The first-order chi connectivity index (χ1) is 13.2. The average Bonchev–Trinajstić information content (AvgIpc) is 3.14. The van der Waals surface area contributed by atoms with Gasteiger partial charge in [0.15, 0.2) is 5.16 Å². The maximum Gasteiger partial charge on any atom is 0.233 e. The second-order valence-corrected chi connectivity index (χ2v) is 7.23. The molecule has 1 aromatic carbocycles. The fourth-order valence-corrected chi connectivity index (χ4v) is 3.90. The summed E-state index contributed by atoms with van der Waals surface area (Å²) >= 11 is 1.43. The van der Waals surface area contributed by atoms with Gasteiger partial charge in [-0.2, -0.15) is 0 Å². The highest BCUT2D eigenvalue weighted by Gasteiger charge is 2.22. The summed E-state index contributed by atoms with van der Waals surface area (Å²) in [5, 5.41) is 0.749. The number of benzene rings is 1. The van der Waals surface area contributed by atoms with E-state index in [-0.39, 0.29) is 5.91 Å². The van der Waals surface area contributed by atoms with E-state index in [9.17, 15) is 4.79 Å². The van der Waals surface area contributed by atoms with Gasteiger partial charge in [0.25, 0.3) is 0 Å². The molecule has 1 saturated heterocycles. The summed E-state index contributed by atoms with van der Waals surface area (Å²) in [4.78, 5) is 28.8. The zero-order chi connectivity index (χ0) is 18.6. The Bertz CT molecular complexity index is 922. The van der Waals surface area contributed by atoms with Crippen molar-refractivity contribution < 1.29 is 9.53 Å². The van der Waals surface area contributed by atoms with Crippen molar-refractivity contribution in [1.82, 2.24) is 19.9 Å². The SMILES string of the molecule is COc1ccc2nc(SCC(=O)N3CCN(c4ccccn4)CC3)[nH]c2c1. The molecule has 0 unspecified atom stereocenters. The molecule has 1 N–H and O–H groups in total. The van der Waals surface area contributed by atoms with Gasteiger partial charge in [0.2, 0.25) is 5.91 Å². The van der Waals surface area contributed by atoms with Crippen LogP contribution < -0.4 is 9.64 Å². The first kappa shape index (κ1) is 17.7. The lowest BCUT2D eigenvalue weighted by Crippen LogP contribution is -2.49. The van der Waals surface area contributed by atoms with Crippen molar-refractivity contribution in [2.24, 2.45) is 0 Å². The number of methoxy groups -OCH3 is 1. The number of hydrogen-bond acceptors (Lipinski definition) is 6. The average molecular weight is 383 g/mol. The third-order valence-electron chi connectivity index (χ3n) is 4.61. The lowest BCUT2D eigenvalue weighted by molar-refractivity contribution is -0.128. The Morgan fingerprint density at radius 2 is 2.07 bits per heavy atom. The van der Waals surface area contributed by atoms with Gasteiger partial charge in [0.1, 0.15) is 11.6 Å². The van der Waals surface area contributed by atoms with Crippen molar-refractivity contribution in [1.29, 1.82) is 0 Å². The molecule has 0 aliphatic carbocycles. The molecule has 4 rings (SSSR count). The number of rotatable bonds is 5. The first-order valence-corrected chi connectivity index (χ1v) is 9.82. The number of fused-ring (bicyclic) bond motifs is 1. The van der Waals surface area contributed by atoms with Crippen LogP contribution in [0, 0.1) is 0 Å². The summed E-state index contributed by atoms with van der Waals surface area (Å²) in [6.07, 6.45) is 1.80. The molecule has 1 amide bonds. The summed E-state index contributed by atoms with van der Waals surface area (Å²) in [6, 6.07) is 11.6. The highest BCUT2D eigenvalue weighted by Crippen LogP contribution is 2.23. The van der Waals surface area contributed by atoms with Crippen LogP contribution >= 0.6 is 11.8 Å². The number of aromatic amines is 1. The van der Waals surface area contributed by atoms with E-state index in [1.165, 1.54) is 11.8 Å². The van der Waals surface area contributed by atoms with E-state index < -0.39 is 0 Å². The van der Waals surface area contributed by atoms with Crippen LogP contribution in [-0.4, -0.2) is 64.8 Å². The van der Waals surface area contributed by atoms with Crippen LogP contribution in [0.4, 0.5) is 5.82 Å². The number of pyridine rings is 1. The van der Waals surface area contributed by atoms with Crippen molar-refractivity contribution in [3.8, 4) is 5.75 Å². The quantitative estimate of drug-likeness (QED) is 0.682. The molecule has 0 bridgehead atoms. The normalized spacial score (nSPS) is 14.6. The van der Waals surface area contributed by atoms with E-state index >= 15 is 0 Å². The van der Waals surface area contributed by atoms with Gasteiger partial charge < -0.3 is 19.5 Å². The third kappa shape index (κ3) is 4.00. The zero-order valence-corrected chi connectivity index (χ0v) is 15.9. The number of H-pyrrole nitrogens is 1. The van der Waals surface area contributed by atoms with E-state index in [1.807, 2.05) is 41.3 Å². The third-order valence-corrected chi connectivity index (χ3v) is 5.46. The van der Waals surface area contributed by atoms with Gasteiger partial charge in [-0.1, -0.05) is 17.8 Å². The van der Waals surface area contributed by atoms with Crippen molar-refractivity contribution in [2.75, 3.05) is 43.9 Å². The predicted octanol–water partition coefficient (Wildman–Crippen LogP) is 2.41. The molecule has 2 aromatic heterocycles. The second kappa shape index (κ2) is 7.87. The molecule has 3 aromatic rings. The number of thioether (sulfide) groups is 1. The highest BCUT2D eigenvalue weighted by atomic mass is 32.2. The van der Waals surface area contributed by atoms with Crippen LogP contribution in [-0.2, 0) is 4.79 Å². The number of imidazole rings is 1. The minimum Gasteiger partial charge on any atom is -0.497 e. The van der Waals surface area contributed by atoms with Crippen LogP contribution in [0.15, 0.2) is 47.8 Å². The predicted molar refractivity (Wildman–Crippen MR) is 106 cm³/mol. The van der Waals surface area contributed by atoms with Gasteiger partial charge >= 0.3 is 0 Å². The summed E-state index contributed by atoms with van der Waals surface area (Å²) in [7, 11) is 1.64. The van der Waals surface area contributed by atoms with Gasteiger partial charge in [0, 0.05) is 38.4 Å². The van der Waals surface area contributed by atoms with Crippen LogP contribution in [0.3, 0.4) is 0 Å². The summed E-state index contributed by atoms with van der Waals surface area (Å²) < 4.78 is 5.23. The van der Waals surface area contributed by atoms with Gasteiger partial charge in [-0.15, -0.1) is 0 Å². The van der Waals surface area contributed by atoms with Crippen LogP contribution in [0.5, 0.6) is 5.75 Å². The van der Waals surface area contributed by atoms with E-state index in [0.717, 1.165) is 40.8 Å². The Kier molecular flexibility index (Phi) is 5.15. The Balaban J connectivity index is 1.31. The number of aromatic nitrogens is 3. The number of anilines is 1. The lowest BCUT2D eigenvalue weighted by Gasteiger charge is -2.35. The highest BCUT2D eigenvalue weighted by molar-refractivity contribution is 7.99. The van der Waals surface area contributed by atoms with E-state index in [0.29, 0.717) is 18.8 Å². The summed E-state index contributed by atoms with van der Waals surface area (Å²) in [6.45, 7) is 3.04. The standard InChI is InChI=1S/C19H21N5O2S/c1-26-14-5-6-15-16(12-14)22-19(21-15)27-13-18(25)24-10-8-23(9-11-24)17-4-2-3-7-20-17/h2-7,12H,8-11,13H2,1H3,(H,21,22). The number of carbonyl (C=O) groups excluding carboxylic acids is 1. The Morgan fingerprint density at radius 3 is 2.81 bits per heavy atom. The number of nitrogens with one attached hydrogen (secondary N) is 1. The number of hydrogen-bond donors (Lipinski definition) is 1. The van der Waals surface area contributed by atoms with E-state index in [2.05, 4.69) is 19.9 Å². The summed E-state index contributed by atoms with van der Waals surface area (Å²) in [5.74, 6) is 2.26. The molecule has 1 aliphatic rings. The fraction of sp³-hybridized carbons (Fsp3) is 0.316. The number of carbonyl (C=O) groups is 1. The Hall–Kier alpha value is -2.74. The zero-order valence-electron chi connectivity index (χ0n) is 15.1. The molecule has 0 atom stereocenters. The van der Waals surface area contributed by atoms with Gasteiger partial charge in [-0.25, -0.2) is 9.97 Å². The minimum absolute atomic E-state index is 0.138. The lowest BCUT2D eigenvalue weighted by atomic mass is 10.3. The topological polar surface area (TPSA) is 74.3 Å². The molecule has 0 radical (unpaired) electrons. The van der Waals surface area contributed by atoms with Crippen LogP contribution in [0.1, 0.15) is 0 Å². The molecular formula is C19H21N5O2S. The van der Waals surface area contributed by atoms with Crippen LogP contribution in [0.25, 0.3) is 11.0 Å². The van der Waals surface area contributed by atoms with Gasteiger partial charge in [-0.05, 0) is 24.3 Å². The smallest absolute Gasteiger partial charge is 0.233 e. The fourth-order valence-electron chi connectivity index (χ4n) is 3.11. The molecular weight excluding hydrogens is 362 g/mol. The van der Waals surface area contributed by atoms with Crippen molar-refractivity contribution in [3.05, 3.63) is 42.6 Å². The Morgan fingerprint density at radius 1 is 1.22 bits per heavy atom. The number of nitrogens with zero attached hydrogens (tertiary/aromatic N) is 4. The van der Waals surface area contributed by atoms with E-state index in [1.54, 1.807) is 13.3 Å². The van der Waals surface area contributed by atoms with Gasteiger partial charge in [-0.3, -0.25) is 4.79 Å².